The van der Waals surface area contributed by atoms with Crippen LogP contribution in [0, 0.1) is 116 Å². The van der Waals surface area contributed by atoms with Crippen molar-refractivity contribution in [3.05, 3.63) is 218 Å². The van der Waals surface area contributed by atoms with Crippen molar-refractivity contribution in [1.29, 1.82) is 0 Å². The second-order valence-electron chi connectivity index (χ2n) is 16.9. The third kappa shape index (κ3) is 10.1. The Bertz CT molecular complexity index is 3520. The van der Waals surface area contributed by atoms with E-state index in [1.54, 1.807) is 32.5 Å². The van der Waals surface area contributed by atoms with Crippen LogP contribution in [0.1, 0.15) is 16.6 Å². The number of thiophene rings is 2. The summed E-state index contributed by atoms with van der Waals surface area (Å²) in [7, 11) is 3.13. The van der Waals surface area contributed by atoms with Gasteiger partial charge in [0.25, 0.3) is 0 Å². The number of carbonyl (C=O) groups is 1. The average Bonchev–Trinajstić information content (AvgIpc) is 3.51. The van der Waals surface area contributed by atoms with Crippen LogP contribution in [-0.4, -0.2) is 26.1 Å². The fraction of sp³-hybridized carbons (Fsp3) is 0.0556. The number of benzene rings is 7. The molecule has 0 aliphatic rings. The molecule has 3 nitrogen and oxygen atoms in total. The molecule has 0 atom stereocenters. The van der Waals surface area contributed by atoms with Crippen LogP contribution in [0.3, 0.4) is 0 Å². The van der Waals surface area contributed by atoms with Gasteiger partial charge in [0.1, 0.15) is 75.1 Å². The first-order chi connectivity index (χ1) is 38.3. The van der Waals surface area contributed by atoms with E-state index in [0.29, 0.717) is 0 Å². The standard InChI is InChI=1S/C30H25O3S3.C24BF20/c1-20(31)27-16-17-28(34-27)21-4-6-22(7-5-21)29-18-19-30(35-29)36(25-12-8-23(32-2)9-13-25)26-14-10-24(33-3)11-15-26;26-5-1(6(27)14(35)21(42)13(5)34)25(2-7(28)15(36)22(43)16(37)8(2)29,3-9(30)17(38)23(44)18(39)10(3)31)4-11(32)19(40)24(45)20(41)12(4)33/h4-19H,1-3H3;/q+1;-1. The minimum atomic E-state index is -7.22. The fourth-order valence-corrected chi connectivity index (χ4v) is 13.3. The molecule has 0 fully saturated rings. The smallest absolute Gasteiger partial charge is 0.220 e. The molecule has 0 unspecified atom stereocenters. The lowest BCUT2D eigenvalue weighted by Crippen LogP contribution is -2.81. The van der Waals surface area contributed by atoms with E-state index >= 15 is 35.1 Å². The van der Waals surface area contributed by atoms with Gasteiger partial charge in [0, 0.05) is 15.8 Å². The Balaban J connectivity index is 0.000000217. The van der Waals surface area contributed by atoms with E-state index in [2.05, 4.69) is 60.7 Å². The summed E-state index contributed by atoms with van der Waals surface area (Å²) in [6.07, 6.45) is -7.22. The molecule has 2 heterocycles. The lowest BCUT2D eigenvalue weighted by atomic mass is 9.12. The topological polar surface area (TPSA) is 35.5 Å². The molecule has 0 saturated carbocycles. The molecule has 0 radical (unpaired) electrons. The van der Waals surface area contributed by atoms with E-state index < -0.39 is 144 Å². The van der Waals surface area contributed by atoms with Crippen LogP contribution in [0.25, 0.3) is 20.9 Å². The van der Waals surface area contributed by atoms with Gasteiger partial charge >= 0.3 is 0 Å². The molecule has 81 heavy (non-hydrogen) atoms. The van der Waals surface area contributed by atoms with Crippen molar-refractivity contribution < 1.29 is 102 Å². The molecule has 0 bridgehead atoms. The molecule has 27 heteroatoms. The highest BCUT2D eigenvalue weighted by molar-refractivity contribution is 7.99. The molecule has 0 spiro atoms. The predicted octanol–water partition coefficient (Wildman–Crippen LogP) is 14.3. The van der Waals surface area contributed by atoms with Crippen LogP contribution in [0.5, 0.6) is 11.5 Å². The summed E-state index contributed by atoms with van der Waals surface area (Å²) in [5, 5.41) is 0. The highest BCUT2D eigenvalue weighted by Crippen LogP contribution is 2.41. The summed E-state index contributed by atoms with van der Waals surface area (Å²) >= 11 is 3.36. The number of carbonyl (C=O) groups excluding carboxylic acids is 1. The molecular weight excluding hydrogens is 1180 g/mol. The number of halogens is 20. The molecule has 0 saturated heterocycles. The summed E-state index contributed by atoms with van der Waals surface area (Å²) in [5.41, 5.74) is -12.0. The normalized spacial score (nSPS) is 11.6. The van der Waals surface area contributed by atoms with Crippen molar-refractivity contribution >= 4 is 67.3 Å². The van der Waals surface area contributed by atoms with Gasteiger partial charge in [-0.2, -0.15) is 0 Å². The molecule has 0 amide bonds. The van der Waals surface area contributed by atoms with Crippen LogP contribution in [0.15, 0.2) is 111 Å². The summed E-state index contributed by atoms with van der Waals surface area (Å²) in [6.45, 7) is 1.61. The lowest BCUT2D eigenvalue weighted by molar-refractivity contribution is 0.102. The third-order valence-corrected chi connectivity index (χ3v) is 17.4. The first-order valence-corrected chi connectivity index (χ1v) is 25.2. The van der Waals surface area contributed by atoms with Crippen LogP contribution < -0.4 is 31.3 Å². The molecule has 7 aromatic carbocycles. The number of hydrogen-bond acceptors (Lipinski definition) is 5. The van der Waals surface area contributed by atoms with E-state index in [9.17, 15) is 57.5 Å². The predicted molar refractivity (Wildman–Crippen MR) is 260 cm³/mol. The van der Waals surface area contributed by atoms with Gasteiger partial charge in [-0.25, -0.2) is 87.8 Å². The second-order valence-corrected chi connectivity index (χ2v) is 21.3. The van der Waals surface area contributed by atoms with Gasteiger partial charge in [-0.3, -0.25) is 4.79 Å². The van der Waals surface area contributed by atoms with Gasteiger partial charge in [-0.15, -0.1) is 33.2 Å². The Labute approximate surface area is 453 Å². The highest BCUT2D eigenvalue weighted by atomic mass is 32.2. The van der Waals surface area contributed by atoms with Crippen molar-refractivity contribution in [3.63, 3.8) is 0 Å². The molecule has 2 aromatic heterocycles. The lowest BCUT2D eigenvalue weighted by Gasteiger charge is -2.44. The average molecular weight is 1210 g/mol. The first-order valence-electron chi connectivity index (χ1n) is 22.3. The minimum Gasteiger partial charge on any atom is -0.497 e. The number of ether oxygens (including phenoxy) is 2. The number of rotatable bonds is 12. The van der Waals surface area contributed by atoms with Crippen molar-refractivity contribution in [2.24, 2.45) is 0 Å². The van der Waals surface area contributed by atoms with E-state index in [1.807, 2.05) is 47.7 Å². The number of methoxy groups -OCH3 is 2. The van der Waals surface area contributed by atoms with Gasteiger partial charge < -0.3 is 9.47 Å². The van der Waals surface area contributed by atoms with E-state index in [-0.39, 0.29) is 16.7 Å². The summed E-state index contributed by atoms with van der Waals surface area (Å²) in [6, 6.07) is 33.7. The maximum absolute atomic E-state index is 15.4. The Kier molecular flexibility index (Phi) is 16.8. The molecule has 0 aliphatic carbocycles. The van der Waals surface area contributed by atoms with Gasteiger partial charge in [-0.05, 0) is 84.8 Å². The first kappa shape index (κ1) is 59.3. The monoisotopic (exact) mass is 1210 g/mol. The maximum atomic E-state index is 15.4. The van der Waals surface area contributed by atoms with Crippen molar-refractivity contribution in [2.75, 3.05) is 14.2 Å². The SMILES string of the molecule is COc1ccc([S+](c2ccc(OC)cc2)c2ccc(-c3ccc(-c4ccc(C(C)=O)s4)cc3)s2)cc1.Fc1c(F)c(F)c([B-](c2c(F)c(F)c(F)c(F)c2F)(c2c(F)c(F)c(F)c(F)c2F)c2c(F)c(F)c(F)c(F)c2F)c(F)c1F. The Morgan fingerprint density at radius 2 is 0.605 bits per heavy atom. The molecule has 0 N–H and O–H groups in total. The van der Waals surface area contributed by atoms with Gasteiger partial charge in [0.15, 0.2) is 85.4 Å². The van der Waals surface area contributed by atoms with Crippen LogP contribution in [0.2, 0.25) is 0 Å². The molecular formula is C54H25BF20O3S3. The largest absolute Gasteiger partial charge is 0.497 e. The maximum Gasteiger partial charge on any atom is 0.220 e. The second kappa shape index (κ2) is 23.0. The van der Waals surface area contributed by atoms with E-state index in [1.165, 1.54) is 24.4 Å². The third-order valence-electron chi connectivity index (χ3n) is 12.5. The zero-order valence-electron chi connectivity index (χ0n) is 40.3. The van der Waals surface area contributed by atoms with Crippen molar-refractivity contribution in [3.8, 4) is 32.4 Å². The minimum absolute atomic E-state index is 0.109. The zero-order chi connectivity index (χ0) is 59.4. The Hall–Kier alpha value is -7.78. The van der Waals surface area contributed by atoms with Gasteiger partial charge in [-0.1, -0.05) is 35.6 Å². The van der Waals surface area contributed by atoms with E-state index in [0.717, 1.165) is 26.8 Å². The summed E-state index contributed by atoms with van der Waals surface area (Å²) in [5.74, 6) is -69.6. The quantitative estimate of drug-likeness (QED) is 0.0305. The molecule has 420 valence electrons. The number of ketones is 1. The number of Topliss-reactive ketones (excluding diaryl/α,β-unsaturated/α-hetero) is 1. The summed E-state index contributed by atoms with van der Waals surface area (Å²) in [4.78, 5) is 17.3. The number of hydrogen-bond donors (Lipinski definition) is 0. The van der Waals surface area contributed by atoms with Crippen LogP contribution in [0.4, 0.5) is 87.8 Å². The van der Waals surface area contributed by atoms with Gasteiger partial charge in [0.05, 0.1) is 19.1 Å². The molecule has 9 rings (SSSR count). The summed E-state index contributed by atoms with van der Waals surface area (Å²) < 4.78 is 306. The van der Waals surface area contributed by atoms with Crippen LogP contribution in [-0.2, 0) is 10.9 Å². The Morgan fingerprint density at radius 3 is 0.864 bits per heavy atom. The fourth-order valence-electron chi connectivity index (χ4n) is 8.73. The Morgan fingerprint density at radius 1 is 0.346 bits per heavy atom. The molecule has 9 aromatic rings. The van der Waals surface area contributed by atoms with Crippen molar-refractivity contribution in [1.82, 2.24) is 0 Å². The zero-order valence-corrected chi connectivity index (χ0v) is 42.8. The van der Waals surface area contributed by atoms with Crippen LogP contribution >= 0.6 is 22.7 Å². The highest BCUT2D eigenvalue weighted by Gasteiger charge is 2.52. The van der Waals surface area contributed by atoms with E-state index in [4.69, 9.17) is 9.47 Å². The van der Waals surface area contributed by atoms with Crippen molar-refractivity contribution in [2.45, 2.75) is 20.9 Å². The van der Waals surface area contributed by atoms with Gasteiger partial charge in [0.2, 0.25) is 4.21 Å². The molecule has 0 aliphatic heterocycles.